The maximum absolute atomic E-state index is 12.7. The van der Waals surface area contributed by atoms with Crippen LogP contribution in [0.1, 0.15) is 10.4 Å². The minimum absolute atomic E-state index is 0.0376. The summed E-state index contributed by atoms with van der Waals surface area (Å²) in [7, 11) is -3.83. The average molecular weight is 433 g/mol. The van der Waals surface area contributed by atoms with Gasteiger partial charge in [0.05, 0.1) is 10.6 Å². The van der Waals surface area contributed by atoms with Gasteiger partial charge in [-0.25, -0.2) is 8.42 Å². The number of carbonyl (C=O) groups excluding carboxylic acids is 1. The summed E-state index contributed by atoms with van der Waals surface area (Å²) in [5, 5.41) is 5.07. The molecule has 0 aliphatic rings. The second-order valence-corrected chi connectivity index (χ2v) is 9.03. The molecule has 0 aliphatic carbocycles. The quantitative estimate of drug-likeness (QED) is 0.528. The molecule has 0 aliphatic heterocycles. The van der Waals surface area contributed by atoms with Crippen LogP contribution in [0.4, 0.5) is 11.4 Å². The molecule has 0 unspecified atom stereocenters. The molecule has 0 fully saturated rings. The Bertz CT molecular complexity index is 1120. The fourth-order valence-electron chi connectivity index (χ4n) is 2.39. The third-order valence-electron chi connectivity index (χ3n) is 3.80. The van der Waals surface area contributed by atoms with Crippen LogP contribution >= 0.6 is 22.9 Å². The highest BCUT2D eigenvalue weighted by molar-refractivity contribution is 7.92. The van der Waals surface area contributed by atoms with Gasteiger partial charge in [-0.2, -0.15) is 0 Å². The van der Waals surface area contributed by atoms with E-state index in [9.17, 15) is 13.2 Å². The van der Waals surface area contributed by atoms with Crippen molar-refractivity contribution in [3.05, 3.63) is 81.5 Å². The SMILES string of the molecule is Cc1ccc(S(=O)(=O)Nc2cccc(Cl)c2)cc1NC(=O)C=Cc1cccs1. The van der Waals surface area contributed by atoms with Gasteiger partial charge in [0.1, 0.15) is 0 Å². The standard InChI is InChI=1S/C20H17ClN2O3S2/c1-14-7-9-18(28(25,26)23-16-5-2-4-15(21)12-16)13-19(14)22-20(24)10-8-17-6-3-11-27-17/h2-13,23H,1H3,(H,22,24). The fourth-order valence-corrected chi connectivity index (χ4v) is 4.27. The maximum Gasteiger partial charge on any atom is 0.261 e. The molecule has 0 atom stereocenters. The summed E-state index contributed by atoms with van der Waals surface area (Å²) >= 11 is 7.42. The molecule has 1 amide bonds. The lowest BCUT2D eigenvalue weighted by Crippen LogP contribution is -2.14. The van der Waals surface area contributed by atoms with Crippen molar-refractivity contribution in [2.24, 2.45) is 0 Å². The zero-order chi connectivity index (χ0) is 20.1. The number of benzene rings is 2. The largest absolute Gasteiger partial charge is 0.322 e. The van der Waals surface area contributed by atoms with E-state index in [1.165, 1.54) is 35.6 Å². The van der Waals surface area contributed by atoms with E-state index in [2.05, 4.69) is 10.0 Å². The molecule has 3 rings (SSSR count). The number of hydrogen-bond donors (Lipinski definition) is 2. The lowest BCUT2D eigenvalue weighted by Gasteiger charge is -2.12. The van der Waals surface area contributed by atoms with Gasteiger partial charge in [-0.3, -0.25) is 9.52 Å². The molecular weight excluding hydrogens is 416 g/mol. The van der Waals surface area contributed by atoms with E-state index >= 15 is 0 Å². The molecule has 0 bridgehead atoms. The van der Waals surface area contributed by atoms with Crippen LogP contribution in [-0.2, 0) is 14.8 Å². The Labute approximate surface area is 172 Å². The van der Waals surface area contributed by atoms with Crippen molar-refractivity contribution in [2.45, 2.75) is 11.8 Å². The first-order valence-electron chi connectivity index (χ1n) is 8.25. The molecule has 144 valence electrons. The highest BCUT2D eigenvalue weighted by Gasteiger charge is 2.16. The van der Waals surface area contributed by atoms with Gasteiger partial charge in [0.2, 0.25) is 5.91 Å². The van der Waals surface area contributed by atoms with Crippen LogP contribution in [-0.4, -0.2) is 14.3 Å². The lowest BCUT2D eigenvalue weighted by atomic mass is 10.2. The molecule has 28 heavy (non-hydrogen) atoms. The zero-order valence-corrected chi connectivity index (χ0v) is 17.2. The van der Waals surface area contributed by atoms with Crippen LogP contribution < -0.4 is 10.0 Å². The molecule has 2 aromatic carbocycles. The van der Waals surface area contributed by atoms with Crippen LogP contribution in [0.25, 0.3) is 6.08 Å². The van der Waals surface area contributed by atoms with Gasteiger partial charge in [0.15, 0.2) is 0 Å². The highest BCUT2D eigenvalue weighted by atomic mass is 35.5. The van der Waals surface area contributed by atoms with Crippen molar-refractivity contribution in [1.82, 2.24) is 0 Å². The normalized spacial score (nSPS) is 11.5. The Hall–Kier alpha value is -2.61. The van der Waals surface area contributed by atoms with E-state index in [0.29, 0.717) is 16.4 Å². The summed E-state index contributed by atoms with van der Waals surface area (Å²) in [6, 6.07) is 14.8. The molecule has 0 saturated heterocycles. The number of aryl methyl sites for hydroxylation is 1. The molecule has 1 aromatic heterocycles. The number of nitrogens with one attached hydrogen (secondary N) is 2. The molecule has 0 spiro atoms. The summed E-state index contributed by atoms with van der Waals surface area (Å²) in [4.78, 5) is 13.2. The van der Waals surface area contributed by atoms with Gasteiger partial charge < -0.3 is 5.32 Å². The van der Waals surface area contributed by atoms with E-state index in [4.69, 9.17) is 11.6 Å². The van der Waals surface area contributed by atoms with Gasteiger partial charge in [-0.1, -0.05) is 29.8 Å². The highest BCUT2D eigenvalue weighted by Crippen LogP contribution is 2.24. The van der Waals surface area contributed by atoms with Crippen LogP contribution in [0.2, 0.25) is 5.02 Å². The Morgan fingerprint density at radius 2 is 1.93 bits per heavy atom. The maximum atomic E-state index is 12.7. The van der Waals surface area contributed by atoms with Gasteiger partial charge in [-0.05, 0) is 60.3 Å². The summed E-state index contributed by atoms with van der Waals surface area (Å²) in [5.74, 6) is -0.339. The number of rotatable bonds is 6. The second-order valence-electron chi connectivity index (χ2n) is 5.93. The number of halogens is 1. The number of amides is 1. The van der Waals surface area contributed by atoms with Crippen LogP contribution in [0, 0.1) is 6.92 Å². The number of anilines is 2. The van der Waals surface area contributed by atoms with Crippen molar-refractivity contribution in [3.8, 4) is 0 Å². The smallest absolute Gasteiger partial charge is 0.261 e. The minimum atomic E-state index is -3.83. The van der Waals surface area contributed by atoms with Crippen molar-refractivity contribution >= 4 is 56.3 Å². The summed E-state index contributed by atoms with van der Waals surface area (Å²) in [5.41, 5.74) is 1.53. The first kappa shape index (κ1) is 20.1. The number of sulfonamides is 1. The molecule has 1 heterocycles. The molecular formula is C20H17ClN2O3S2. The Morgan fingerprint density at radius 1 is 1.11 bits per heavy atom. The van der Waals surface area contributed by atoms with Crippen LogP contribution in [0.3, 0.4) is 0 Å². The molecule has 2 N–H and O–H groups in total. The Balaban J connectivity index is 1.79. The van der Waals surface area contributed by atoms with Gasteiger partial charge in [-0.15, -0.1) is 11.3 Å². The van der Waals surface area contributed by atoms with Crippen molar-refractivity contribution in [3.63, 3.8) is 0 Å². The van der Waals surface area contributed by atoms with Gasteiger partial charge in [0.25, 0.3) is 10.0 Å². The van der Waals surface area contributed by atoms with E-state index in [0.717, 1.165) is 10.4 Å². The molecule has 8 heteroatoms. The minimum Gasteiger partial charge on any atom is -0.322 e. The second kappa shape index (κ2) is 8.60. The number of thiophene rings is 1. The number of carbonyl (C=O) groups is 1. The third-order valence-corrected chi connectivity index (χ3v) is 6.25. The molecule has 3 aromatic rings. The van der Waals surface area contributed by atoms with Crippen molar-refractivity contribution < 1.29 is 13.2 Å². The topological polar surface area (TPSA) is 75.3 Å². The van der Waals surface area contributed by atoms with E-state index in [-0.39, 0.29) is 10.8 Å². The molecule has 0 radical (unpaired) electrons. The molecule has 5 nitrogen and oxygen atoms in total. The van der Waals surface area contributed by atoms with Crippen molar-refractivity contribution in [1.29, 1.82) is 0 Å². The summed E-state index contributed by atoms with van der Waals surface area (Å²) < 4.78 is 27.8. The first-order chi connectivity index (χ1) is 13.3. The Morgan fingerprint density at radius 3 is 2.64 bits per heavy atom. The van der Waals surface area contributed by atoms with Crippen molar-refractivity contribution in [2.75, 3.05) is 10.0 Å². The van der Waals surface area contributed by atoms with E-state index < -0.39 is 10.0 Å². The van der Waals surface area contributed by atoms with Crippen LogP contribution in [0.15, 0.2) is 70.9 Å². The summed E-state index contributed by atoms with van der Waals surface area (Å²) in [6.45, 7) is 1.79. The van der Waals surface area contributed by atoms with Gasteiger partial charge in [0, 0.05) is 21.7 Å². The molecule has 0 saturated carbocycles. The first-order valence-corrected chi connectivity index (χ1v) is 11.0. The average Bonchev–Trinajstić information content (AvgIpc) is 3.15. The predicted octanol–water partition coefficient (Wildman–Crippen LogP) is 5.16. The third kappa shape index (κ3) is 5.22. The van der Waals surface area contributed by atoms with Crippen LogP contribution in [0.5, 0.6) is 0 Å². The summed E-state index contributed by atoms with van der Waals surface area (Å²) in [6.07, 6.45) is 3.12. The Kier molecular flexibility index (Phi) is 6.18. The van der Waals surface area contributed by atoms with E-state index in [1.807, 2.05) is 17.5 Å². The fraction of sp³-hybridized carbons (Fsp3) is 0.0500. The monoisotopic (exact) mass is 432 g/mol. The zero-order valence-electron chi connectivity index (χ0n) is 14.8. The van der Waals surface area contributed by atoms with E-state index in [1.54, 1.807) is 37.3 Å². The lowest BCUT2D eigenvalue weighted by molar-refractivity contribution is -0.111. The predicted molar refractivity (Wildman–Crippen MR) is 115 cm³/mol. The van der Waals surface area contributed by atoms with Gasteiger partial charge >= 0.3 is 0 Å². The number of hydrogen-bond acceptors (Lipinski definition) is 4.